The normalized spacial score (nSPS) is 11.9. The van der Waals surface area contributed by atoms with Crippen LogP contribution in [0.25, 0.3) is 0 Å². The summed E-state index contributed by atoms with van der Waals surface area (Å²) < 4.78 is 0. The van der Waals surface area contributed by atoms with E-state index < -0.39 is 6.10 Å². The summed E-state index contributed by atoms with van der Waals surface area (Å²) in [5, 5.41) is 17.6. The Morgan fingerprint density at radius 3 is 2.75 bits per heavy atom. The Bertz CT molecular complexity index is 331. The molecular formula is C14H18O2. The van der Waals surface area contributed by atoms with Gasteiger partial charge in [0, 0.05) is 6.61 Å². The van der Waals surface area contributed by atoms with Crippen molar-refractivity contribution in [2.45, 2.75) is 32.3 Å². The fraction of sp³-hybridized carbons (Fsp3) is 0.429. The Kier molecular flexibility index (Phi) is 10.5. The van der Waals surface area contributed by atoms with Crippen LogP contribution in [0.5, 0.6) is 0 Å². The van der Waals surface area contributed by atoms with Crippen LogP contribution in [0.15, 0.2) is 24.3 Å². The van der Waals surface area contributed by atoms with Gasteiger partial charge in [-0.2, -0.15) is 0 Å². The largest absolute Gasteiger partial charge is 0.396 e. The lowest BCUT2D eigenvalue weighted by Crippen LogP contribution is -1.98. The van der Waals surface area contributed by atoms with Gasteiger partial charge in [-0.05, 0) is 37.2 Å². The van der Waals surface area contributed by atoms with Crippen LogP contribution in [0, 0.1) is 23.7 Å². The maximum atomic E-state index is 9.09. The molecule has 0 aliphatic heterocycles. The molecule has 0 heterocycles. The molecule has 0 rings (SSSR count). The van der Waals surface area contributed by atoms with Gasteiger partial charge < -0.3 is 10.2 Å². The minimum atomic E-state index is -0.573. The highest BCUT2D eigenvalue weighted by molar-refractivity contribution is 5.32. The molecule has 1 atom stereocenters. The summed E-state index contributed by atoms with van der Waals surface area (Å²) in [6.07, 6.45) is 9.09. The van der Waals surface area contributed by atoms with Crippen LogP contribution in [0.2, 0.25) is 0 Å². The first-order valence-electron chi connectivity index (χ1n) is 5.43. The van der Waals surface area contributed by atoms with Crippen molar-refractivity contribution >= 4 is 0 Å². The van der Waals surface area contributed by atoms with E-state index in [-0.39, 0.29) is 6.61 Å². The molecule has 86 valence electrons. The number of hydrogen-bond donors (Lipinski definition) is 2. The molecule has 0 spiro atoms. The lowest BCUT2D eigenvalue weighted by molar-refractivity contribution is 0.228. The molecule has 0 aromatic rings. The maximum Gasteiger partial charge on any atom is 0.115 e. The third-order valence-electron chi connectivity index (χ3n) is 1.72. The van der Waals surface area contributed by atoms with Crippen molar-refractivity contribution in [3.8, 4) is 23.7 Å². The van der Waals surface area contributed by atoms with Gasteiger partial charge in [0.05, 0.1) is 0 Å². The van der Waals surface area contributed by atoms with Crippen LogP contribution in [-0.2, 0) is 0 Å². The zero-order valence-electron chi connectivity index (χ0n) is 9.61. The van der Waals surface area contributed by atoms with E-state index in [2.05, 4.69) is 23.7 Å². The predicted octanol–water partition coefficient (Wildman–Crippen LogP) is 1.65. The fourth-order valence-electron chi connectivity index (χ4n) is 0.787. The van der Waals surface area contributed by atoms with Gasteiger partial charge in [0.1, 0.15) is 6.10 Å². The number of aliphatic hydroxyl groups is 2. The SMILES string of the molecule is CCC(O)C#CC#CC=CC=CCCCO. The first kappa shape index (κ1) is 14.5. The molecule has 0 radical (unpaired) electrons. The Hall–Kier alpha value is -1.48. The molecule has 0 aliphatic carbocycles. The van der Waals surface area contributed by atoms with E-state index in [1.807, 2.05) is 25.2 Å². The van der Waals surface area contributed by atoms with Gasteiger partial charge in [0.25, 0.3) is 0 Å². The minimum absolute atomic E-state index is 0.225. The molecule has 2 N–H and O–H groups in total. The van der Waals surface area contributed by atoms with E-state index in [1.165, 1.54) is 0 Å². The van der Waals surface area contributed by atoms with E-state index in [9.17, 15) is 0 Å². The zero-order chi connectivity index (χ0) is 12.1. The van der Waals surface area contributed by atoms with Crippen LogP contribution >= 0.6 is 0 Å². The lowest BCUT2D eigenvalue weighted by atomic mass is 10.3. The van der Waals surface area contributed by atoms with Gasteiger partial charge in [-0.25, -0.2) is 0 Å². The number of hydrogen-bond acceptors (Lipinski definition) is 2. The molecular weight excluding hydrogens is 200 g/mol. The van der Waals surface area contributed by atoms with Crippen LogP contribution in [-0.4, -0.2) is 22.9 Å². The molecule has 16 heavy (non-hydrogen) atoms. The smallest absolute Gasteiger partial charge is 0.115 e. The fourth-order valence-corrected chi connectivity index (χ4v) is 0.787. The van der Waals surface area contributed by atoms with Gasteiger partial charge in [-0.15, -0.1) is 0 Å². The predicted molar refractivity (Wildman–Crippen MR) is 66.4 cm³/mol. The van der Waals surface area contributed by atoms with E-state index in [1.54, 1.807) is 6.08 Å². The summed E-state index contributed by atoms with van der Waals surface area (Å²) in [5.74, 6) is 10.5. The molecule has 0 fully saturated rings. The molecule has 0 aliphatic rings. The van der Waals surface area contributed by atoms with E-state index in [4.69, 9.17) is 10.2 Å². The number of aliphatic hydroxyl groups excluding tert-OH is 2. The van der Waals surface area contributed by atoms with Crippen molar-refractivity contribution in [1.29, 1.82) is 0 Å². The highest BCUT2D eigenvalue weighted by Gasteiger charge is 1.88. The number of rotatable bonds is 5. The first-order chi connectivity index (χ1) is 7.81. The van der Waals surface area contributed by atoms with Crippen LogP contribution in [0.4, 0.5) is 0 Å². The summed E-state index contributed by atoms with van der Waals surface area (Å²) in [5.41, 5.74) is 0. The van der Waals surface area contributed by atoms with Crippen LogP contribution in [0.1, 0.15) is 26.2 Å². The van der Waals surface area contributed by atoms with Crippen molar-refractivity contribution in [2.24, 2.45) is 0 Å². The molecule has 0 saturated heterocycles. The molecule has 0 amide bonds. The monoisotopic (exact) mass is 218 g/mol. The second-order valence-corrected chi connectivity index (χ2v) is 3.12. The Balaban J connectivity index is 3.77. The first-order valence-corrected chi connectivity index (χ1v) is 5.43. The van der Waals surface area contributed by atoms with Crippen molar-refractivity contribution in [3.63, 3.8) is 0 Å². The molecule has 2 heteroatoms. The minimum Gasteiger partial charge on any atom is -0.396 e. The van der Waals surface area contributed by atoms with Crippen molar-refractivity contribution in [1.82, 2.24) is 0 Å². The number of unbranched alkanes of at least 4 members (excludes halogenated alkanes) is 1. The molecule has 1 unspecified atom stereocenters. The van der Waals surface area contributed by atoms with Crippen LogP contribution in [0.3, 0.4) is 0 Å². The number of allylic oxidation sites excluding steroid dienone is 4. The summed E-state index contributed by atoms with van der Waals surface area (Å²) in [6, 6.07) is 0. The Morgan fingerprint density at radius 1 is 1.25 bits per heavy atom. The standard InChI is InChI=1S/C14H18O2/c1-2-14(16)12-10-8-6-4-3-5-7-9-11-13-15/h3-5,7,14-16H,2,9,11,13H2,1H3. The topological polar surface area (TPSA) is 40.5 Å². The second-order valence-electron chi connectivity index (χ2n) is 3.12. The Labute approximate surface area is 97.7 Å². The molecule has 0 saturated carbocycles. The quantitative estimate of drug-likeness (QED) is 0.418. The molecule has 0 aromatic heterocycles. The van der Waals surface area contributed by atoms with Gasteiger partial charge in [-0.3, -0.25) is 0 Å². The van der Waals surface area contributed by atoms with Gasteiger partial charge >= 0.3 is 0 Å². The van der Waals surface area contributed by atoms with Gasteiger partial charge in [0.2, 0.25) is 0 Å². The van der Waals surface area contributed by atoms with Gasteiger partial charge in [-0.1, -0.05) is 37.0 Å². The van der Waals surface area contributed by atoms with Gasteiger partial charge in [0.15, 0.2) is 0 Å². The van der Waals surface area contributed by atoms with Crippen molar-refractivity contribution < 1.29 is 10.2 Å². The van der Waals surface area contributed by atoms with E-state index >= 15 is 0 Å². The highest BCUT2D eigenvalue weighted by Crippen LogP contribution is 1.89. The summed E-state index contributed by atoms with van der Waals surface area (Å²) >= 11 is 0. The average Bonchev–Trinajstić information content (AvgIpc) is 2.31. The molecule has 0 bridgehead atoms. The molecule has 0 aromatic carbocycles. The van der Waals surface area contributed by atoms with E-state index in [0.29, 0.717) is 6.42 Å². The summed E-state index contributed by atoms with van der Waals surface area (Å²) in [4.78, 5) is 0. The van der Waals surface area contributed by atoms with Crippen molar-refractivity contribution in [3.05, 3.63) is 24.3 Å². The molecule has 2 nitrogen and oxygen atoms in total. The average molecular weight is 218 g/mol. The highest BCUT2D eigenvalue weighted by atomic mass is 16.3. The summed E-state index contributed by atoms with van der Waals surface area (Å²) in [6.45, 7) is 2.09. The maximum absolute atomic E-state index is 9.09. The third kappa shape index (κ3) is 10.6. The van der Waals surface area contributed by atoms with Crippen molar-refractivity contribution in [2.75, 3.05) is 6.61 Å². The van der Waals surface area contributed by atoms with Crippen LogP contribution < -0.4 is 0 Å². The van der Waals surface area contributed by atoms with E-state index in [0.717, 1.165) is 12.8 Å². The third-order valence-corrected chi connectivity index (χ3v) is 1.72. The summed E-state index contributed by atoms with van der Waals surface area (Å²) in [7, 11) is 0. The second kappa shape index (κ2) is 11.6. The Morgan fingerprint density at radius 2 is 2.06 bits per heavy atom. The zero-order valence-corrected chi connectivity index (χ0v) is 9.61. The lowest BCUT2D eigenvalue weighted by Gasteiger charge is -1.91.